The van der Waals surface area contributed by atoms with E-state index in [0.717, 1.165) is 32.1 Å². The van der Waals surface area contributed by atoms with E-state index >= 15 is 0 Å². The average molecular weight is 228 g/mol. The summed E-state index contributed by atoms with van der Waals surface area (Å²) in [6.45, 7) is 5.49. The summed E-state index contributed by atoms with van der Waals surface area (Å²) in [5.41, 5.74) is -0.527. The first-order chi connectivity index (χ1) is 7.75. The van der Waals surface area contributed by atoms with Crippen molar-refractivity contribution < 1.29 is 14.3 Å². The molecule has 0 amide bonds. The van der Waals surface area contributed by atoms with Gasteiger partial charge in [0.25, 0.3) is 0 Å². The first kappa shape index (κ1) is 13.7. The molecule has 1 aliphatic rings. The third-order valence-electron chi connectivity index (χ3n) is 3.17. The zero-order chi connectivity index (χ0) is 11.9. The molecule has 0 bridgehead atoms. The normalized spacial score (nSPS) is 19.6. The monoisotopic (exact) mass is 228 g/mol. The van der Waals surface area contributed by atoms with Gasteiger partial charge in [-0.3, -0.25) is 4.79 Å². The summed E-state index contributed by atoms with van der Waals surface area (Å²) in [5, 5.41) is 0. The molecular formula is C13H24O3. The number of hydrogen-bond donors (Lipinski definition) is 0. The molecule has 16 heavy (non-hydrogen) atoms. The molecular weight excluding hydrogens is 204 g/mol. The Labute approximate surface area is 98.5 Å². The molecule has 94 valence electrons. The van der Waals surface area contributed by atoms with Gasteiger partial charge in [0.15, 0.2) is 5.78 Å². The highest BCUT2D eigenvalue weighted by Gasteiger charge is 2.39. The van der Waals surface area contributed by atoms with Gasteiger partial charge in [0.2, 0.25) is 0 Å². The molecule has 1 fully saturated rings. The highest BCUT2D eigenvalue weighted by molar-refractivity contribution is 5.88. The standard InChI is InChI=1S/C13H24O3/c1-3-10-15-11-12(14)13(16-4-2)8-6-5-7-9-13/h3-11H2,1-2H3. The van der Waals surface area contributed by atoms with Crippen LogP contribution >= 0.6 is 0 Å². The minimum absolute atomic E-state index is 0.141. The maximum Gasteiger partial charge on any atom is 0.190 e. The number of rotatable bonds is 7. The Morgan fingerprint density at radius 2 is 1.88 bits per heavy atom. The van der Waals surface area contributed by atoms with E-state index in [2.05, 4.69) is 0 Å². The molecule has 0 unspecified atom stereocenters. The van der Waals surface area contributed by atoms with E-state index < -0.39 is 5.60 Å². The lowest BCUT2D eigenvalue weighted by Crippen LogP contribution is -2.45. The molecule has 0 aromatic rings. The molecule has 0 saturated heterocycles. The Morgan fingerprint density at radius 1 is 1.19 bits per heavy atom. The van der Waals surface area contributed by atoms with Crippen molar-refractivity contribution in [2.75, 3.05) is 19.8 Å². The van der Waals surface area contributed by atoms with Crippen molar-refractivity contribution in [3.63, 3.8) is 0 Å². The van der Waals surface area contributed by atoms with E-state index in [1.807, 2.05) is 13.8 Å². The minimum atomic E-state index is -0.527. The Hall–Kier alpha value is -0.410. The molecule has 3 heteroatoms. The van der Waals surface area contributed by atoms with E-state index in [-0.39, 0.29) is 12.4 Å². The van der Waals surface area contributed by atoms with Crippen molar-refractivity contribution in [3.8, 4) is 0 Å². The Morgan fingerprint density at radius 3 is 2.44 bits per heavy atom. The Balaban J connectivity index is 2.50. The van der Waals surface area contributed by atoms with E-state index in [4.69, 9.17) is 9.47 Å². The number of ketones is 1. The second-order valence-electron chi connectivity index (χ2n) is 4.46. The van der Waals surface area contributed by atoms with Gasteiger partial charge < -0.3 is 9.47 Å². The summed E-state index contributed by atoms with van der Waals surface area (Å²) in [4.78, 5) is 12.1. The summed E-state index contributed by atoms with van der Waals surface area (Å²) >= 11 is 0. The number of Topliss-reactive ketones (excluding diaryl/α,β-unsaturated/α-hetero) is 1. The van der Waals surface area contributed by atoms with Crippen molar-refractivity contribution in [1.29, 1.82) is 0 Å². The first-order valence-electron chi connectivity index (χ1n) is 6.50. The van der Waals surface area contributed by atoms with Crippen LogP contribution in [0.25, 0.3) is 0 Å². The molecule has 3 nitrogen and oxygen atoms in total. The highest BCUT2D eigenvalue weighted by atomic mass is 16.5. The quantitative estimate of drug-likeness (QED) is 0.628. The summed E-state index contributed by atoms with van der Waals surface area (Å²) < 4.78 is 11.1. The fraction of sp³-hybridized carbons (Fsp3) is 0.923. The SMILES string of the molecule is CCCOCC(=O)C1(OCC)CCCCC1. The summed E-state index contributed by atoms with van der Waals surface area (Å²) in [6, 6.07) is 0. The minimum Gasteiger partial charge on any atom is -0.374 e. The lowest BCUT2D eigenvalue weighted by molar-refractivity contribution is -0.153. The number of ether oxygens (including phenoxy) is 2. The van der Waals surface area contributed by atoms with Gasteiger partial charge in [-0.1, -0.05) is 26.2 Å². The van der Waals surface area contributed by atoms with E-state index in [1.54, 1.807) is 0 Å². The Bertz CT molecular complexity index is 202. The van der Waals surface area contributed by atoms with Crippen molar-refractivity contribution in [1.82, 2.24) is 0 Å². The lowest BCUT2D eigenvalue weighted by Gasteiger charge is -2.35. The predicted octanol–water partition coefficient (Wildman–Crippen LogP) is 2.72. The van der Waals surface area contributed by atoms with Gasteiger partial charge in [-0.15, -0.1) is 0 Å². The van der Waals surface area contributed by atoms with Crippen molar-refractivity contribution in [2.24, 2.45) is 0 Å². The van der Waals surface area contributed by atoms with Crippen LogP contribution in [0, 0.1) is 0 Å². The van der Waals surface area contributed by atoms with Crippen molar-refractivity contribution in [2.45, 2.75) is 58.0 Å². The van der Waals surface area contributed by atoms with Crippen LogP contribution in [0.4, 0.5) is 0 Å². The zero-order valence-corrected chi connectivity index (χ0v) is 10.6. The topological polar surface area (TPSA) is 35.5 Å². The van der Waals surface area contributed by atoms with Crippen LogP contribution in [0.1, 0.15) is 52.4 Å². The molecule has 1 aliphatic carbocycles. The van der Waals surface area contributed by atoms with Crippen LogP contribution in [-0.2, 0) is 14.3 Å². The number of carbonyl (C=O) groups is 1. The average Bonchev–Trinajstić information content (AvgIpc) is 2.31. The van der Waals surface area contributed by atoms with Gasteiger partial charge in [-0.2, -0.15) is 0 Å². The van der Waals surface area contributed by atoms with Gasteiger partial charge in [-0.25, -0.2) is 0 Å². The second-order valence-corrected chi connectivity index (χ2v) is 4.46. The van der Waals surface area contributed by atoms with Gasteiger partial charge in [-0.05, 0) is 26.2 Å². The van der Waals surface area contributed by atoms with Gasteiger partial charge in [0.1, 0.15) is 12.2 Å². The molecule has 1 saturated carbocycles. The molecule has 0 aromatic carbocycles. The largest absolute Gasteiger partial charge is 0.374 e. The van der Waals surface area contributed by atoms with Crippen LogP contribution in [-0.4, -0.2) is 31.2 Å². The molecule has 0 atom stereocenters. The summed E-state index contributed by atoms with van der Waals surface area (Å²) in [5.74, 6) is 0.141. The van der Waals surface area contributed by atoms with Gasteiger partial charge in [0, 0.05) is 13.2 Å². The van der Waals surface area contributed by atoms with Crippen LogP contribution in [0.2, 0.25) is 0 Å². The van der Waals surface area contributed by atoms with E-state index in [0.29, 0.717) is 13.2 Å². The second kappa shape index (κ2) is 7.02. The first-order valence-corrected chi connectivity index (χ1v) is 6.50. The zero-order valence-electron chi connectivity index (χ0n) is 10.6. The third-order valence-corrected chi connectivity index (χ3v) is 3.17. The van der Waals surface area contributed by atoms with Gasteiger partial charge in [0.05, 0.1) is 0 Å². The van der Waals surface area contributed by atoms with Crippen LogP contribution in [0.5, 0.6) is 0 Å². The lowest BCUT2D eigenvalue weighted by atomic mass is 9.81. The van der Waals surface area contributed by atoms with Crippen LogP contribution in [0.15, 0.2) is 0 Å². The molecule has 0 spiro atoms. The fourth-order valence-corrected chi connectivity index (χ4v) is 2.34. The Kier molecular flexibility index (Phi) is 5.99. The van der Waals surface area contributed by atoms with E-state index in [9.17, 15) is 4.79 Å². The van der Waals surface area contributed by atoms with Gasteiger partial charge >= 0.3 is 0 Å². The maximum atomic E-state index is 12.1. The van der Waals surface area contributed by atoms with Crippen molar-refractivity contribution in [3.05, 3.63) is 0 Å². The molecule has 0 aliphatic heterocycles. The van der Waals surface area contributed by atoms with Crippen LogP contribution < -0.4 is 0 Å². The molecule has 1 rings (SSSR count). The molecule has 0 radical (unpaired) electrons. The fourth-order valence-electron chi connectivity index (χ4n) is 2.34. The highest BCUT2D eigenvalue weighted by Crippen LogP contribution is 2.32. The molecule has 0 N–H and O–H groups in total. The summed E-state index contributed by atoms with van der Waals surface area (Å²) in [7, 11) is 0. The maximum absolute atomic E-state index is 12.1. The van der Waals surface area contributed by atoms with E-state index in [1.165, 1.54) is 6.42 Å². The van der Waals surface area contributed by atoms with Crippen LogP contribution in [0.3, 0.4) is 0 Å². The molecule has 0 heterocycles. The van der Waals surface area contributed by atoms with Crippen molar-refractivity contribution >= 4 is 5.78 Å². The number of hydrogen-bond acceptors (Lipinski definition) is 3. The smallest absolute Gasteiger partial charge is 0.190 e. The number of carbonyl (C=O) groups excluding carboxylic acids is 1. The molecule has 0 aromatic heterocycles. The summed E-state index contributed by atoms with van der Waals surface area (Å²) in [6.07, 6.45) is 6.11. The third kappa shape index (κ3) is 3.56. The predicted molar refractivity (Wildman–Crippen MR) is 63.6 cm³/mol.